The SMILES string of the molecule is CNCCNC(=O)c1cccc(OC(F)(F)F)c1. The van der Waals surface area contributed by atoms with E-state index in [4.69, 9.17) is 0 Å². The number of amides is 1. The first-order valence-corrected chi connectivity index (χ1v) is 5.21. The Bertz CT molecular complexity index is 408. The number of halogens is 3. The number of rotatable bonds is 5. The second-order valence-corrected chi connectivity index (χ2v) is 3.44. The van der Waals surface area contributed by atoms with Crippen LogP contribution in [0, 0.1) is 0 Å². The largest absolute Gasteiger partial charge is 0.573 e. The van der Waals surface area contributed by atoms with Crippen molar-refractivity contribution in [1.82, 2.24) is 10.6 Å². The van der Waals surface area contributed by atoms with Crippen LogP contribution in [0.2, 0.25) is 0 Å². The topological polar surface area (TPSA) is 50.4 Å². The number of carbonyl (C=O) groups is 1. The zero-order valence-electron chi connectivity index (χ0n) is 9.67. The van der Waals surface area contributed by atoms with Crippen LogP contribution in [-0.2, 0) is 0 Å². The zero-order chi connectivity index (χ0) is 13.6. The van der Waals surface area contributed by atoms with Gasteiger partial charge in [-0.1, -0.05) is 6.07 Å². The molecule has 0 radical (unpaired) electrons. The van der Waals surface area contributed by atoms with Crippen LogP contribution < -0.4 is 15.4 Å². The summed E-state index contributed by atoms with van der Waals surface area (Å²) in [5, 5.41) is 5.38. The molecule has 1 amide bonds. The van der Waals surface area contributed by atoms with Crippen LogP contribution in [0.5, 0.6) is 5.75 Å². The Morgan fingerprint density at radius 3 is 2.67 bits per heavy atom. The number of nitrogens with one attached hydrogen (secondary N) is 2. The fraction of sp³-hybridized carbons (Fsp3) is 0.364. The molecule has 2 N–H and O–H groups in total. The minimum Gasteiger partial charge on any atom is -0.406 e. The van der Waals surface area contributed by atoms with Gasteiger partial charge in [0.1, 0.15) is 5.75 Å². The number of alkyl halides is 3. The Labute approximate surface area is 102 Å². The van der Waals surface area contributed by atoms with Gasteiger partial charge in [-0.25, -0.2) is 0 Å². The van der Waals surface area contributed by atoms with Crippen molar-refractivity contribution in [2.75, 3.05) is 20.1 Å². The van der Waals surface area contributed by atoms with Crippen LogP contribution in [0.3, 0.4) is 0 Å². The first-order valence-electron chi connectivity index (χ1n) is 5.21. The summed E-state index contributed by atoms with van der Waals surface area (Å²) in [5.41, 5.74) is 0.118. The quantitative estimate of drug-likeness (QED) is 0.791. The Balaban J connectivity index is 2.66. The molecule has 18 heavy (non-hydrogen) atoms. The number of hydrogen-bond acceptors (Lipinski definition) is 3. The van der Waals surface area contributed by atoms with Crippen LogP contribution in [0.1, 0.15) is 10.4 Å². The molecular formula is C11H13F3N2O2. The van der Waals surface area contributed by atoms with Crippen molar-refractivity contribution < 1.29 is 22.7 Å². The third-order valence-electron chi connectivity index (χ3n) is 1.99. The van der Waals surface area contributed by atoms with E-state index < -0.39 is 18.0 Å². The fourth-order valence-electron chi connectivity index (χ4n) is 1.24. The lowest BCUT2D eigenvalue weighted by atomic mass is 10.2. The number of likely N-dealkylation sites (N-methyl/N-ethyl adjacent to an activating group) is 1. The molecule has 0 fully saturated rings. The number of ether oxygens (including phenoxy) is 1. The molecule has 4 nitrogen and oxygen atoms in total. The summed E-state index contributed by atoms with van der Waals surface area (Å²) in [4.78, 5) is 11.6. The van der Waals surface area contributed by atoms with Gasteiger partial charge in [-0.05, 0) is 25.2 Å². The van der Waals surface area contributed by atoms with E-state index in [1.807, 2.05) is 0 Å². The van der Waals surface area contributed by atoms with Gasteiger partial charge in [-0.2, -0.15) is 0 Å². The lowest BCUT2D eigenvalue weighted by Gasteiger charge is -2.10. The van der Waals surface area contributed by atoms with Crippen LogP contribution in [0.4, 0.5) is 13.2 Å². The van der Waals surface area contributed by atoms with Crippen molar-refractivity contribution in [3.05, 3.63) is 29.8 Å². The van der Waals surface area contributed by atoms with Gasteiger partial charge in [0.2, 0.25) is 0 Å². The average Bonchev–Trinajstić information content (AvgIpc) is 2.27. The van der Waals surface area contributed by atoms with Gasteiger partial charge in [-0.15, -0.1) is 13.2 Å². The molecule has 0 atom stereocenters. The van der Waals surface area contributed by atoms with Crippen molar-refractivity contribution >= 4 is 5.91 Å². The Morgan fingerprint density at radius 1 is 1.33 bits per heavy atom. The van der Waals surface area contributed by atoms with Crippen LogP contribution in [-0.4, -0.2) is 32.4 Å². The summed E-state index contributed by atoms with van der Waals surface area (Å²) >= 11 is 0. The van der Waals surface area contributed by atoms with Gasteiger partial charge < -0.3 is 15.4 Å². The standard InChI is InChI=1S/C11H13F3N2O2/c1-15-5-6-16-10(17)8-3-2-4-9(7-8)18-11(12,13)14/h2-4,7,15H,5-6H2,1H3,(H,16,17). The molecule has 0 saturated heterocycles. The Morgan fingerprint density at radius 2 is 2.06 bits per heavy atom. The molecule has 0 spiro atoms. The van der Waals surface area contributed by atoms with E-state index >= 15 is 0 Å². The highest BCUT2D eigenvalue weighted by Crippen LogP contribution is 2.23. The molecule has 0 bridgehead atoms. The highest BCUT2D eigenvalue weighted by molar-refractivity contribution is 5.94. The third kappa shape index (κ3) is 5.05. The normalized spacial score (nSPS) is 11.1. The maximum absolute atomic E-state index is 12.0. The van der Waals surface area contributed by atoms with Gasteiger partial charge in [-0.3, -0.25) is 4.79 Å². The molecule has 0 saturated carbocycles. The maximum Gasteiger partial charge on any atom is 0.573 e. The van der Waals surface area contributed by atoms with Crippen LogP contribution in [0.15, 0.2) is 24.3 Å². The molecule has 0 aliphatic carbocycles. The molecule has 1 rings (SSSR count). The minimum absolute atomic E-state index is 0.118. The number of benzene rings is 1. The summed E-state index contributed by atoms with van der Waals surface area (Å²) in [5.74, 6) is -0.860. The third-order valence-corrected chi connectivity index (χ3v) is 1.99. The molecular weight excluding hydrogens is 249 g/mol. The molecule has 1 aromatic carbocycles. The van der Waals surface area contributed by atoms with E-state index in [-0.39, 0.29) is 5.56 Å². The predicted molar refractivity (Wildman–Crippen MR) is 59.4 cm³/mol. The van der Waals surface area contributed by atoms with E-state index in [2.05, 4.69) is 15.4 Å². The van der Waals surface area contributed by atoms with Crippen molar-refractivity contribution in [3.8, 4) is 5.75 Å². The minimum atomic E-state index is -4.76. The molecule has 1 aromatic rings. The smallest absolute Gasteiger partial charge is 0.406 e. The molecule has 100 valence electrons. The van der Waals surface area contributed by atoms with Gasteiger partial charge in [0.25, 0.3) is 5.91 Å². The van der Waals surface area contributed by atoms with Gasteiger partial charge >= 0.3 is 6.36 Å². The second kappa shape index (κ2) is 6.25. The van der Waals surface area contributed by atoms with E-state index in [1.165, 1.54) is 12.1 Å². The van der Waals surface area contributed by atoms with Crippen LogP contribution in [0.25, 0.3) is 0 Å². The van der Waals surface area contributed by atoms with Gasteiger partial charge in [0, 0.05) is 18.7 Å². The van der Waals surface area contributed by atoms with Crippen molar-refractivity contribution in [2.24, 2.45) is 0 Å². The zero-order valence-corrected chi connectivity index (χ0v) is 9.67. The molecule has 0 aromatic heterocycles. The molecule has 0 heterocycles. The maximum atomic E-state index is 12.0. The van der Waals surface area contributed by atoms with E-state index in [1.54, 1.807) is 7.05 Å². The molecule has 0 aliphatic rings. The first-order chi connectivity index (χ1) is 8.42. The summed E-state index contributed by atoms with van der Waals surface area (Å²) in [6.07, 6.45) is -4.76. The van der Waals surface area contributed by atoms with E-state index in [0.717, 1.165) is 12.1 Å². The lowest BCUT2D eigenvalue weighted by Crippen LogP contribution is -2.30. The Kier molecular flexibility index (Phi) is 4.96. The van der Waals surface area contributed by atoms with E-state index in [0.29, 0.717) is 13.1 Å². The van der Waals surface area contributed by atoms with Crippen molar-refractivity contribution in [2.45, 2.75) is 6.36 Å². The fourth-order valence-corrected chi connectivity index (χ4v) is 1.24. The summed E-state index contributed by atoms with van der Waals surface area (Å²) in [6.45, 7) is 0.962. The Hall–Kier alpha value is -1.76. The summed E-state index contributed by atoms with van der Waals surface area (Å²) in [6, 6.07) is 4.92. The lowest BCUT2D eigenvalue weighted by molar-refractivity contribution is -0.274. The second-order valence-electron chi connectivity index (χ2n) is 3.44. The average molecular weight is 262 g/mol. The van der Waals surface area contributed by atoms with Crippen molar-refractivity contribution in [1.29, 1.82) is 0 Å². The highest BCUT2D eigenvalue weighted by atomic mass is 19.4. The molecule has 7 heteroatoms. The number of carbonyl (C=O) groups excluding carboxylic acids is 1. The molecule has 0 aliphatic heterocycles. The highest BCUT2D eigenvalue weighted by Gasteiger charge is 2.31. The van der Waals surface area contributed by atoms with Crippen molar-refractivity contribution in [3.63, 3.8) is 0 Å². The van der Waals surface area contributed by atoms with E-state index in [9.17, 15) is 18.0 Å². The predicted octanol–water partition coefficient (Wildman–Crippen LogP) is 1.53. The van der Waals surface area contributed by atoms with Gasteiger partial charge in [0.15, 0.2) is 0 Å². The molecule has 0 unspecified atom stereocenters. The number of hydrogen-bond donors (Lipinski definition) is 2. The summed E-state index contributed by atoms with van der Waals surface area (Å²) < 4.78 is 39.7. The summed E-state index contributed by atoms with van der Waals surface area (Å²) in [7, 11) is 1.73. The van der Waals surface area contributed by atoms with Crippen LogP contribution >= 0.6 is 0 Å². The first kappa shape index (κ1) is 14.3. The van der Waals surface area contributed by atoms with Gasteiger partial charge in [0.05, 0.1) is 0 Å². The monoisotopic (exact) mass is 262 g/mol.